The number of hydrogen-bond donors (Lipinski definition) is 0. The lowest BCUT2D eigenvalue weighted by atomic mass is 9.93. The molecule has 0 aliphatic rings. The molecule has 0 saturated heterocycles. The highest BCUT2D eigenvalue weighted by Crippen LogP contribution is 2.31. The van der Waals surface area contributed by atoms with Crippen molar-refractivity contribution in [2.24, 2.45) is 5.41 Å². The van der Waals surface area contributed by atoms with E-state index in [0.29, 0.717) is 5.41 Å². The van der Waals surface area contributed by atoms with Gasteiger partial charge in [-0.05, 0) is 10.7 Å². The number of thioether (sulfide) groups is 1. The van der Waals surface area contributed by atoms with Crippen LogP contribution in [-0.2, 0) is 0 Å². The lowest BCUT2D eigenvalue weighted by Gasteiger charge is -2.27. The van der Waals surface area contributed by atoms with Gasteiger partial charge in [-0.2, -0.15) is 11.8 Å². The van der Waals surface area contributed by atoms with Gasteiger partial charge in [-0.3, -0.25) is 0 Å². The molecule has 0 rings (SSSR count). The van der Waals surface area contributed by atoms with E-state index in [1.165, 1.54) is 0 Å². The van der Waals surface area contributed by atoms with E-state index in [2.05, 4.69) is 53.3 Å². The van der Waals surface area contributed by atoms with Crippen LogP contribution in [0, 0.1) is 5.41 Å². The molecule has 0 aliphatic heterocycles. The molecule has 1 atom stereocenters. The van der Waals surface area contributed by atoms with Crippen molar-refractivity contribution in [3.8, 4) is 0 Å². The Morgan fingerprint density at radius 2 is 1.40 bits per heavy atom. The van der Waals surface area contributed by atoms with E-state index < -0.39 is 0 Å². The van der Waals surface area contributed by atoms with E-state index in [9.17, 15) is 0 Å². The smallest absolute Gasteiger partial charge is 0.00698 e. The molecule has 0 amide bonds. The van der Waals surface area contributed by atoms with Crippen molar-refractivity contribution in [1.82, 2.24) is 0 Å². The molecule has 0 nitrogen and oxygen atoms in total. The van der Waals surface area contributed by atoms with Crippen LogP contribution in [0.3, 0.4) is 0 Å². The summed E-state index contributed by atoms with van der Waals surface area (Å²) in [6.45, 7) is 13.7. The van der Waals surface area contributed by atoms with Gasteiger partial charge in [-0.1, -0.05) is 41.5 Å². The van der Waals surface area contributed by atoms with Crippen LogP contribution in [0.4, 0.5) is 0 Å². The minimum absolute atomic E-state index is 0.453. The molecule has 0 saturated carbocycles. The maximum Gasteiger partial charge on any atom is 0.00698 e. The van der Waals surface area contributed by atoms with Crippen molar-refractivity contribution in [2.45, 2.75) is 52.0 Å². The fraction of sp³-hybridized carbons (Fsp3) is 1.00. The average Bonchev–Trinajstić information content (AvgIpc) is 1.60. The van der Waals surface area contributed by atoms with E-state index in [1.54, 1.807) is 0 Å². The van der Waals surface area contributed by atoms with Gasteiger partial charge in [-0.25, -0.2) is 0 Å². The highest BCUT2D eigenvalue weighted by atomic mass is 32.2. The van der Waals surface area contributed by atoms with Crippen LogP contribution >= 0.6 is 11.8 Å². The van der Waals surface area contributed by atoms with Gasteiger partial charge in [0.15, 0.2) is 0 Å². The zero-order valence-corrected chi connectivity index (χ0v) is 8.88. The predicted molar refractivity (Wildman–Crippen MR) is 51.6 cm³/mol. The van der Waals surface area contributed by atoms with Crippen LogP contribution in [0.1, 0.15) is 41.5 Å². The summed E-state index contributed by atoms with van der Waals surface area (Å²) < 4.78 is 0. The van der Waals surface area contributed by atoms with Crippen LogP contribution in [0.25, 0.3) is 0 Å². The molecule has 0 N–H and O–H groups in total. The van der Waals surface area contributed by atoms with Crippen LogP contribution < -0.4 is 0 Å². The van der Waals surface area contributed by atoms with E-state index in [1.807, 2.05) is 0 Å². The summed E-state index contributed by atoms with van der Waals surface area (Å²) in [6.07, 6.45) is 0. The monoisotopic (exact) mass is 160 g/mol. The SMILES string of the molecule is CC(C)SC(C)C(C)(C)C. The Morgan fingerprint density at radius 3 is 1.50 bits per heavy atom. The van der Waals surface area contributed by atoms with Crippen molar-refractivity contribution in [1.29, 1.82) is 0 Å². The van der Waals surface area contributed by atoms with Gasteiger partial charge in [0.1, 0.15) is 0 Å². The van der Waals surface area contributed by atoms with Crippen molar-refractivity contribution >= 4 is 11.8 Å². The van der Waals surface area contributed by atoms with Crippen molar-refractivity contribution in [3.63, 3.8) is 0 Å². The maximum atomic E-state index is 2.31. The van der Waals surface area contributed by atoms with Crippen molar-refractivity contribution < 1.29 is 0 Å². The molecule has 0 radical (unpaired) electrons. The van der Waals surface area contributed by atoms with E-state index in [-0.39, 0.29) is 0 Å². The lowest BCUT2D eigenvalue weighted by Crippen LogP contribution is -2.21. The normalized spacial score (nSPS) is 15.9. The summed E-state index contributed by atoms with van der Waals surface area (Å²) in [5.41, 5.74) is 0.453. The van der Waals surface area contributed by atoms with Gasteiger partial charge in [0, 0.05) is 5.25 Å². The molecule has 1 heteroatoms. The fourth-order valence-corrected chi connectivity index (χ4v) is 1.84. The summed E-state index contributed by atoms with van der Waals surface area (Å²) in [4.78, 5) is 0. The maximum absolute atomic E-state index is 2.31. The third-order valence-corrected chi connectivity index (χ3v) is 3.36. The molecule has 10 heavy (non-hydrogen) atoms. The first kappa shape index (κ1) is 10.3. The topological polar surface area (TPSA) is 0 Å². The zero-order chi connectivity index (χ0) is 8.36. The van der Waals surface area contributed by atoms with Crippen LogP contribution in [0.15, 0.2) is 0 Å². The summed E-state index contributed by atoms with van der Waals surface area (Å²) in [7, 11) is 0. The minimum Gasteiger partial charge on any atom is -0.155 e. The first-order valence-corrected chi connectivity index (χ1v) is 4.93. The largest absolute Gasteiger partial charge is 0.155 e. The summed E-state index contributed by atoms with van der Waals surface area (Å²) >= 11 is 2.06. The Balaban J connectivity index is 3.73. The summed E-state index contributed by atoms with van der Waals surface area (Å²) in [5.74, 6) is 0. The Hall–Kier alpha value is 0.350. The van der Waals surface area contributed by atoms with E-state index in [0.717, 1.165) is 10.5 Å². The molecule has 0 aromatic heterocycles. The summed E-state index contributed by atoms with van der Waals surface area (Å²) in [5, 5.41) is 1.52. The minimum atomic E-state index is 0.453. The molecule has 0 fully saturated rings. The second-order valence-corrected chi connectivity index (χ2v) is 6.12. The van der Waals surface area contributed by atoms with Gasteiger partial charge in [-0.15, -0.1) is 0 Å². The Bertz CT molecular complexity index is 89.4. The molecular weight excluding hydrogens is 140 g/mol. The molecule has 0 bridgehead atoms. The first-order valence-electron chi connectivity index (χ1n) is 3.99. The summed E-state index contributed by atoms with van der Waals surface area (Å²) in [6, 6.07) is 0. The molecule has 0 aliphatic carbocycles. The zero-order valence-electron chi connectivity index (χ0n) is 8.06. The van der Waals surface area contributed by atoms with Crippen LogP contribution in [0.2, 0.25) is 0 Å². The average molecular weight is 160 g/mol. The standard InChI is InChI=1S/C9H20S/c1-7(2)10-8(3)9(4,5)6/h7-8H,1-6H3. The Morgan fingerprint density at radius 1 is 1.00 bits per heavy atom. The molecule has 0 aromatic rings. The first-order chi connectivity index (χ1) is 4.34. The second kappa shape index (κ2) is 3.66. The van der Waals surface area contributed by atoms with Gasteiger partial charge < -0.3 is 0 Å². The quantitative estimate of drug-likeness (QED) is 0.595. The van der Waals surface area contributed by atoms with Crippen molar-refractivity contribution in [2.75, 3.05) is 0 Å². The number of rotatable bonds is 2. The van der Waals surface area contributed by atoms with Gasteiger partial charge in [0.2, 0.25) is 0 Å². The van der Waals surface area contributed by atoms with E-state index in [4.69, 9.17) is 0 Å². The third kappa shape index (κ3) is 4.21. The van der Waals surface area contributed by atoms with Crippen molar-refractivity contribution in [3.05, 3.63) is 0 Å². The van der Waals surface area contributed by atoms with Gasteiger partial charge >= 0.3 is 0 Å². The molecule has 0 aromatic carbocycles. The lowest BCUT2D eigenvalue weighted by molar-refractivity contribution is 0.410. The van der Waals surface area contributed by atoms with Gasteiger partial charge in [0.25, 0.3) is 0 Å². The number of hydrogen-bond acceptors (Lipinski definition) is 1. The fourth-order valence-electron chi connectivity index (χ4n) is 0.612. The molecule has 0 heterocycles. The molecular formula is C9H20S. The Labute approximate surface area is 69.8 Å². The highest BCUT2D eigenvalue weighted by molar-refractivity contribution is 8.00. The molecule has 1 unspecified atom stereocenters. The molecule has 0 spiro atoms. The Kier molecular flexibility index (Phi) is 3.79. The second-order valence-electron chi connectivity index (χ2n) is 4.19. The van der Waals surface area contributed by atoms with E-state index >= 15 is 0 Å². The highest BCUT2D eigenvalue weighted by Gasteiger charge is 2.20. The predicted octanol–water partition coefficient (Wildman–Crippen LogP) is 3.56. The van der Waals surface area contributed by atoms with Crippen LogP contribution in [-0.4, -0.2) is 10.5 Å². The van der Waals surface area contributed by atoms with Gasteiger partial charge in [0.05, 0.1) is 0 Å². The third-order valence-electron chi connectivity index (χ3n) is 1.70. The molecule has 62 valence electrons. The van der Waals surface area contributed by atoms with Crippen LogP contribution in [0.5, 0.6) is 0 Å².